The summed E-state index contributed by atoms with van der Waals surface area (Å²) in [6, 6.07) is 8.01. The van der Waals surface area contributed by atoms with Crippen LogP contribution in [0.15, 0.2) is 18.2 Å². The van der Waals surface area contributed by atoms with E-state index in [-0.39, 0.29) is 17.4 Å². The fourth-order valence-electron chi connectivity index (χ4n) is 6.84. The Morgan fingerprint density at radius 3 is 2.39 bits per heavy atom. The fourth-order valence-corrected chi connectivity index (χ4v) is 6.84. The Hall–Kier alpha value is -2.28. The predicted molar refractivity (Wildman–Crippen MR) is 144 cm³/mol. The third kappa shape index (κ3) is 4.83. The number of rotatable bonds is 3. The number of likely N-dealkylation sites (tertiary alicyclic amines) is 2. The van der Waals surface area contributed by atoms with Crippen LogP contribution in [0.3, 0.4) is 0 Å². The second-order valence-corrected chi connectivity index (χ2v) is 12.5. The standard InChI is InChI=1S/C29H44N4O3/c1-21-19-23(31-15-10-24(20-31)32-14-6-7-22(32)2)8-9-25(21)33-18-13-29(26(33)34)11-16-30(17-12-29)27(35)36-28(3,4)5/h8-9,19,22,24H,6-7,10-18,20H2,1-5H3/t22-,24+/m1/s1. The Balaban J connectivity index is 1.21. The minimum atomic E-state index is -0.502. The quantitative estimate of drug-likeness (QED) is 0.601. The summed E-state index contributed by atoms with van der Waals surface area (Å²) in [7, 11) is 0. The molecular formula is C29H44N4O3. The Kier molecular flexibility index (Phi) is 6.73. The average molecular weight is 497 g/mol. The SMILES string of the molecule is Cc1cc(N2CC[C@H](N3CCC[C@H]3C)C2)ccc1N1CCC2(CCN(C(=O)OC(C)(C)C)CC2)C1=O. The zero-order valence-corrected chi connectivity index (χ0v) is 22.9. The van der Waals surface area contributed by atoms with E-state index in [2.05, 4.69) is 41.8 Å². The van der Waals surface area contributed by atoms with E-state index in [0.29, 0.717) is 38.0 Å². The first-order valence-corrected chi connectivity index (χ1v) is 14.0. The molecule has 0 bridgehead atoms. The van der Waals surface area contributed by atoms with Gasteiger partial charge in [0.2, 0.25) is 5.91 Å². The lowest BCUT2D eigenvalue weighted by atomic mass is 9.77. The molecule has 7 nitrogen and oxygen atoms in total. The summed E-state index contributed by atoms with van der Waals surface area (Å²) in [4.78, 5) is 35.1. The van der Waals surface area contributed by atoms with Gasteiger partial charge in [0.05, 0.1) is 5.41 Å². The van der Waals surface area contributed by atoms with Gasteiger partial charge in [-0.3, -0.25) is 9.69 Å². The molecule has 0 aliphatic carbocycles. The molecule has 4 heterocycles. The Morgan fingerprint density at radius 2 is 1.75 bits per heavy atom. The number of carbonyl (C=O) groups excluding carboxylic acids is 2. The molecule has 2 atom stereocenters. The first kappa shape index (κ1) is 25.4. The van der Waals surface area contributed by atoms with Gasteiger partial charge in [-0.25, -0.2) is 4.79 Å². The molecule has 198 valence electrons. The van der Waals surface area contributed by atoms with Crippen LogP contribution in [-0.2, 0) is 9.53 Å². The van der Waals surface area contributed by atoms with Gasteiger partial charge in [0.25, 0.3) is 0 Å². The molecule has 4 aliphatic heterocycles. The maximum absolute atomic E-state index is 13.7. The van der Waals surface area contributed by atoms with Crippen molar-refractivity contribution in [1.82, 2.24) is 9.80 Å². The van der Waals surface area contributed by atoms with Crippen LogP contribution in [0.5, 0.6) is 0 Å². The van der Waals surface area contributed by atoms with Crippen molar-refractivity contribution in [2.75, 3.05) is 49.1 Å². The summed E-state index contributed by atoms with van der Waals surface area (Å²) in [5, 5.41) is 0. The molecule has 36 heavy (non-hydrogen) atoms. The number of amides is 2. The Morgan fingerprint density at radius 1 is 1.03 bits per heavy atom. The van der Waals surface area contributed by atoms with Gasteiger partial charge >= 0.3 is 6.09 Å². The van der Waals surface area contributed by atoms with Gasteiger partial charge in [-0.05, 0) is 103 Å². The normalized spacial score (nSPS) is 26.9. The molecular weight excluding hydrogens is 452 g/mol. The van der Waals surface area contributed by atoms with Gasteiger partial charge in [0.1, 0.15) is 5.60 Å². The topological polar surface area (TPSA) is 56.3 Å². The number of hydrogen-bond donors (Lipinski definition) is 0. The van der Waals surface area contributed by atoms with E-state index in [1.165, 1.54) is 37.1 Å². The zero-order valence-electron chi connectivity index (χ0n) is 22.9. The zero-order chi connectivity index (χ0) is 25.7. The van der Waals surface area contributed by atoms with Crippen LogP contribution in [0.4, 0.5) is 16.2 Å². The number of piperidine rings is 1. The van der Waals surface area contributed by atoms with E-state index < -0.39 is 5.60 Å². The van der Waals surface area contributed by atoms with Gasteiger partial charge < -0.3 is 19.4 Å². The van der Waals surface area contributed by atoms with Crippen molar-refractivity contribution in [3.05, 3.63) is 23.8 Å². The summed E-state index contributed by atoms with van der Waals surface area (Å²) in [6.45, 7) is 15.5. The monoisotopic (exact) mass is 496 g/mol. The number of nitrogens with zero attached hydrogens (tertiary/aromatic N) is 4. The Bertz CT molecular complexity index is 995. The highest BCUT2D eigenvalue weighted by atomic mass is 16.6. The lowest BCUT2D eigenvalue weighted by Gasteiger charge is -2.38. The van der Waals surface area contributed by atoms with Crippen molar-refractivity contribution in [1.29, 1.82) is 0 Å². The van der Waals surface area contributed by atoms with E-state index in [4.69, 9.17) is 4.74 Å². The highest BCUT2D eigenvalue weighted by molar-refractivity contribution is 6.00. The second-order valence-electron chi connectivity index (χ2n) is 12.5. The number of anilines is 2. The third-order valence-electron chi connectivity index (χ3n) is 8.96. The van der Waals surface area contributed by atoms with Crippen molar-refractivity contribution >= 4 is 23.4 Å². The van der Waals surface area contributed by atoms with Crippen molar-refractivity contribution in [3.63, 3.8) is 0 Å². The molecule has 0 N–H and O–H groups in total. The van der Waals surface area contributed by atoms with Crippen molar-refractivity contribution < 1.29 is 14.3 Å². The van der Waals surface area contributed by atoms with Gasteiger partial charge in [-0.15, -0.1) is 0 Å². The minimum absolute atomic E-state index is 0.228. The van der Waals surface area contributed by atoms with Gasteiger partial charge in [0, 0.05) is 56.2 Å². The van der Waals surface area contributed by atoms with Crippen LogP contribution < -0.4 is 9.80 Å². The van der Waals surface area contributed by atoms with E-state index in [0.717, 1.165) is 31.7 Å². The van der Waals surface area contributed by atoms with Crippen LogP contribution in [0.25, 0.3) is 0 Å². The molecule has 4 fully saturated rings. The maximum atomic E-state index is 13.7. The summed E-state index contributed by atoms with van der Waals surface area (Å²) >= 11 is 0. The summed E-state index contributed by atoms with van der Waals surface area (Å²) < 4.78 is 5.54. The van der Waals surface area contributed by atoms with Crippen molar-refractivity contribution in [3.8, 4) is 0 Å². The molecule has 5 rings (SSSR count). The fraction of sp³-hybridized carbons (Fsp3) is 0.724. The molecule has 0 saturated carbocycles. The van der Waals surface area contributed by atoms with Crippen molar-refractivity contribution in [2.45, 2.75) is 90.8 Å². The maximum Gasteiger partial charge on any atom is 0.410 e. The minimum Gasteiger partial charge on any atom is -0.444 e. The lowest BCUT2D eigenvalue weighted by molar-refractivity contribution is -0.128. The number of ether oxygens (including phenoxy) is 1. The van der Waals surface area contributed by atoms with Gasteiger partial charge in [-0.1, -0.05) is 0 Å². The summed E-state index contributed by atoms with van der Waals surface area (Å²) in [6.07, 6.45) is 5.90. The van der Waals surface area contributed by atoms with Crippen LogP contribution in [0.2, 0.25) is 0 Å². The van der Waals surface area contributed by atoms with Crippen molar-refractivity contribution in [2.24, 2.45) is 5.41 Å². The average Bonchev–Trinajstić information content (AvgIpc) is 3.54. The van der Waals surface area contributed by atoms with E-state index in [1.54, 1.807) is 4.90 Å². The molecule has 2 amide bonds. The smallest absolute Gasteiger partial charge is 0.410 e. The highest BCUT2D eigenvalue weighted by Gasteiger charge is 2.49. The second kappa shape index (κ2) is 9.55. The molecule has 1 aromatic carbocycles. The van der Waals surface area contributed by atoms with Crippen LogP contribution >= 0.6 is 0 Å². The molecule has 7 heteroatoms. The summed E-state index contributed by atoms with van der Waals surface area (Å²) in [5.74, 6) is 0.228. The van der Waals surface area contributed by atoms with E-state index >= 15 is 0 Å². The predicted octanol–water partition coefficient (Wildman–Crippen LogP) is 4.81. The molecule has 4 saturated heterocycles. The van der Waals surface area contributed by atoms with Crippen LogP contribution in [0, 0.1) is 12.3 Å². The molecule has 1 aromatic rings. The number of aryl methyl sites for hydroxylation is 1. The summed E-state index contributed by atoms with van der Waals surface area (Å²) in [5.41, 5.74) is 2.63. The largest absolute Gasteiger partial charge is 0.444 e. The first-order valence-electron chi connectivity index (χ1n) is 14.0. The molecule has 0 radical (unpaired) electrons. The molecule has 1 spiro atoms. The van der Waals surface area contributed by atoms with Gasteiger partial charge in [0.15, 0.2) is 0 Å². The number of benzene rings is 1. The van der Waals surface area contributed by atoms with E-state index in [9.17, 15) is 9.59 Å². The van der Waals surface area contributed by atoms with Gasteiger partial charge in [-0.2, -0.15) is 0 Å². The van der Waals surface area contributed by atoms with Crippen LogP contribution in [0.1, 0.15) is 71.8 Å². The molecule has 0 unspecified atom stereocenters. The Labute approximate surface area is 216 Å². The molecule has 4 aliphatic rings. The van der Waals surface area contributed by atoms with Crippen LogP contribution in [-0.4, -0.2) is 78.8 Å². The lowest BCUT2D eigenvalue weighted by Crippen LogP contribution is -2.48. The first-order chi connectivity index (χ1) is 17.1. The molecule has 0 aromatic heterocycles. The highest BCUT2D eigenvalue weighted by Crippen LogP contribution is 2.44. The third-order valence-corrected chi connectivity index (χ3v) is 8.96. The number of hydrogen-bond acceptors (Lipinski definition) is 5. The number of carbonyl (C=O) groups is 2. The van der Waals surface area contributed by atoms with E-state index in [1.807, 2.05) is 25.7 Å².